The average molecular weight is 342 g/mol. The number of rotatable bonds is 3. The van der Waals surface area contributed by atoms with Crippen molar-refractivity contribution in [1.82, 2.24) is 5.10 Å². The molecule has 0 saturated carbocycles. The smallest absolute Gasteiger partial charge is 0.262 e. The molecule has 2 aromatic rings. The van der Waals surface area contributed by atoms with Gasteiger partial charge < -0.3 is 9.66 Å². The van der Waals surface area contributed by atoms with Crippen LogP contribution >= 0.6 is 11.3 Å². The van der Waals surface area contributed by atoms with E-state index in [2.05, 4.69) is 18.6 Å². The van der Waals surface area contributed by atoms with E-state index in [0.717, 1.165) is 17.6 Å². The highest BCUT2D eigenvalue weighted by atomic mass is 32.2. The number of hydrogen-bond donors (Lipinski definition) is 1. The molecule has 120 valence electrons. The summed E-state index contributed by atoms with van der Waals surface area (Å²) in [6, 6.07) is 3.64. The van der Waals surface area contributed by atoms with Crippen LogP contribution in [0.3, 0.4) is 0 Å². The summed E-state index contributed by atoms with van der Waals surface area (Å²) in [6.07, 6.45) is 1.85. The number of nitrogens with zero attached hydrogens (tertiary/aromatic N) is 2. The van der Waals surface area contributed by atoms with Crippen molar-refractivity contribution in [1.29, 1.82) is 0 Å². The number of hydrogen-bond acceptors (Lipinski definition) is 6. The molecular weight excluding hydrogens is 324 g/mol. The van der Waals surface area contributed by atoms with Crippen LogP contribution in [-0.4, -0.2) is 23.2 Å². The van der Waals surface area contributed by atoms with E-state index in [-0.39, 0.29) is 10.6 Å². The fourth-order valence-corrected chi connectivity index (χ4v) is 3.19. The molecule has 0 unspecified atom stereocenters. The summed E-state index contributed by atoms with van der Waals surface area (Å²) >= 11 is 1.71. The Bertz CT molecular complexity index is 767. The van der Waals surface area contributed by atoms with Crippen molar-refractivity contribution in [2.75, 3.05) is 0 Å². The first-order chi connectivity index (χ1) is 10.1. The van der Waals surface area contributed by atoms with Crippen LogP contribution in [0.15, 0.2) is 35.7 Å². The Balaban J connectivity index is 0.000000224. The van der Waals surface area contributed by atoms with Gasteiger partial charge in [-0.3, -0.25) is 0 Å². The summed E-state index contributed by atoms with van der Waals surface area (Å²) in [5.41, 5.74) is 0.336. The Morgan fingerprint density at radius 3 is 2.45 bits per heavy atom. The number of aromatic hydroxyl groups is 1. The largest absolute Gasteiger partial charge is 0.744 e. The molecule has 1 N–H and O–H groups in total. The van der Waals surface area contributed by atoms with E-state index < -0.39 is 10.1 Å². The second kappa shape index (κ2) is 7.48. The molecule has 1 aromatic carbocycles. The second-order valence-corrected chi connectivity index (χ2v) is 7.25. The molecule has 22 heavy (non-hydrogen) atoms. The zero-order chi connectivity index (χ0) is 16.9. The molecule has 0 fully saturated rings. The molecule has 0 aliphatic rings. The maximum Gasteiger partial charge on any atom is 0.262 e. The number of phenolic OH excluding ortho intramolecular Hbond substituents is 1. The van der Waals surface area contributed by atoms with Gasteiger partial charge in [0.2, 0.25) is 0 Å². The van der Waals surface area contributed by atoms with Gasteiger partial charge in [0, 0.05) is 12.0 Å². The van der Waals surface area contributed by atoms with Gasteiger partial charge in [0.25, 0.3) is 5.01 Å². The Labute approximate surface area is 134 Å². The molecule has 8 heteroatoms. The van der Waals surface area contributed by atoms with Gasteiger partial charge in [-0.15, -0.1) is 0 Å². The topological polar surface area (TPSA) is 94.2 Å². The van der Waals surface area contributed by atoms with E-state index in [4.69, 9.17) is 5.11 Å². The van der Waals surface area contributed by atoms with Crippen LogP contribution in [-0.2, 0) is 16.7 Å². The predicted octanol–water partition coefficient (Wildman–Crippen LogP) is 1.84. The highest BCUT2D eigenvalue weighted by molar-refractivity contribution is 7.85. The first-order valence-electron chi connectivity index (χ1n) is 6.35. The van der Waals surface area contributed by atoms with Crippen LogP contribution in [0.4, 0.5) is 0 Å². The van der Waals surface area contributed by atoms with Gasteiger partial charge in [-0.2, -0.15) is 0 Å². The van der Waals surface area contributed by atoms with Crippen molar-refractivity contribution >= 4 is 21.5 Å². The molecule has 1 heterocycles. The van der Waals surface area contributed by atoms with Crippen LogP contribution in [0, 0.1) is 20.8 Å². The number of phenols is 1. The van der Waals surface area contributed by atoms with Crippen LogP contribution in [0.2, 0.25) is 0 Å². The van der Waals surface area contributed by atoms with Crippen LogP contribution in [0.1, 0.15) is 15.6 Å². The third kappa shape index (κ3) is 5.21. The minimum atomic E-state index is -4.47. The summed E-state index contributed by atoms with van der Waals surface area (Å²) in [5, 5.41) is 15.5. The molecule has 0 aliphatic carbocycles. The van der Waals surface area contributed by atoms with E-state index in [1.807, 2.05) is 17.7 Å². The molecule has 0 aliphatic heterocycles. The fourth-order valence-electron chi connectivity index (χ4n) is 1.68. The number of aryl methyl sites for hydroxylation is 3. The molecule has 0 spiro atoms. The van der Waals surface area contributed by atoms with Gasteiger partial charge >= 0.3 is 0 Å². The van der Waals surface area contributed by atoms with Crippen LogP contribution < -0.4 is 4.68 Å². The summed E-state index contributed by atoms with van der Waals surface area (Å²) in [5.74, 6) is -0.227. The monoisotopic (exact) mass is 342 g/mol. The standard InChI is InChI=1S/C7H11N2S.C7H8O4S/c1-4-5-9-7(3)10-6(2)8-9;1-5-2-3-6(8)4-7(5)12(9,10)11/h4H,1,5H2,2-3H3;2-4,8H,1H3,(H,9,10,11)/q+1;/p-1. The van der Waals surface area contributed by atoms with E-state index in [1.54, 1.807) is 11.3 Å². The van der Waals surface area contributed by atoms with E-state index >= 15 is 0 Å². The maximum absolute atomic E-state index is 10.5. The molecule has 0 saturated heterocycles. The van der Waals surface area contributed by atoms with Crippen LogP contribution in [0.5, 0.6) is 5.75 Å². The highest BCUT2D eigenvalue weighted by Gasteiger charge is 2.09. The molecule has 0 radical (unpaired) electrons. The minimum Gasteiger partial charge on any atom is -0.744 e. The third-order valence-corrected chi connectivity index (χ3v) is 4.53. The van der Waals surface area contributed by atoms with Crippen molar-refractivity contribution < 1.29 is 22.8 Å². The minimum absolute atomic E-state index is 0.227. The van der Waals surface area contributed by atoms with Crippen molar-refractivity contribution in [3.05, 3.63) is 46.4 Å². The van der Waals surface area contributed by atoms with Gasteiger partial charge in [0.1, 0.15) is 15.9 Å². The molecule has 0 bridgehead atoms. The quantitative estimate of drug-likeness (QED) is 0.522. The van der Waals surface area contributed by atoms with Gasteiger partial charge in [-0.25, -0.2) is 8.42 Å². The Kier molecular flexibility index (Phi) is 6.21. The Hall–Kier alpha value is -1.77. The van der Waals surface area contributed by atoms with E-state index in [0.29, 0.717) is 5.56 Å². The van der Waals surface area contributed by atoms with Crippen molar-refractivity contribution in [3.8, 4) is 5.75 Å². The van der Waals surface area contributed by atoms with Gasteiger partial charge in [0.15, 0.2) is 11.6 Å². The fraction of sp³-hybridized carbons (Fsp3) is 0.286. The number of aromatic nitrogens is 2. The lowest BCUT2D eigenvalue weighted by Crippen LogP contribution is -2.37. The third-order valence-electron chi connectivity index (χ3n) is 2.66. The first kappa shape index (κ1) is 18.3. The average Bonchev–Trinajstić information content (AvgIpc) is 2.71. The normalized spacial score (nSPS) is 10.7. The second-order valence-electron chi connectivity index (χ2n) is 4.51. The van der Waals surface area contributed by atoms with E-state index in [1.165, 1.54) is 24.1 Å². The predicted molar refractivity (Wildman–Crippen MR) is 82.8 cm³/mol. The number of allylic oxidation sites excluding steroid dienone is 1. The highest BCUT2D eigenvalue weighted by Crippen LogP contribution is 2.19. The summed E-state index contributed by atoms with van der Waals surface area (Å²) in [6.45, 7) is 10.0. The maximum atomic E-state index is 10.5. The van der Waals surface area contributed by atoms with Gasteiger partial charge in [-0.05, 0) is 37.6 Å². The zero-order valence-corrected chi connectivity index (χ0v) is 14.2. The lowest BCUT2D eigenvalue weighted by atomic mass is 10.2. The molecule has 1 aromatic heterocycles. The number of benzene rings is 1. The molecule has 6 nitrogen and oxygen atoms in total. The first-order valence-corrected chi connectivity index (χ1v) is 8.58. The van der Waals surface area contributed by atoms with Crippen LogP contribution in [0.25, 0.3) is 0 Å². The van der Waals surface area contributed by atoms with Gasteiger partial charge in [0.05, 0.1) is 4.90 Å². The van der Waals surface area contributed by atoms with Gasteiger partial charge in [-0.1, -0.05) is 28.7 Å². The summed E-state index contributed by atoms with van der Waals surface area (Å²) in [4.78, 5) is -0.373. The van der Waals surface area contributed by atoms with Crippen molar-refractivity contribution in [3.63, 3.8) is 0 Å². The SMILES string of the molecule is C=CC[n+]1nc(C)sc1C.Cc1ccc(O)cc1S(=O)(=O)[O-]. The Morgan fingerprint density at radius 1 is 1.41 bits per heavy atom. The zero-order valence-electron chi connectivity index (χ0n) is 12.6. The van der Waals surface area contributed by atoms with Crippen molar-refractivity contribution in [2.45, 2.75) is 32.2 Å². The van der Waals surface area contributed by atoms with Crippen molar-refractivity contribution in [2.24, 2.45) is 0 Å². The lowest BCUT2D eigenvalue weighted by molar-refractivity contribution is -0.745. The Morgan fingerprint density at radius 2 is 2.05 bits per heavy atom. The lowest BCUT2D eigenvalue weighted by Gasteiger charge is -2.09. The molecule has 0 atom stereocenters. The summed E-state index contributed by atoms with van der Waals surface area (Å²) in [7, 11) is -4.47. The van der Waals surface area contributed by atoms with E-state index in [9.17, 15) is 13.0 Å². The summed E-state index contributed by atoms with van der Waals surface area (Å²) < 4.78 is 33.6. The molecular formula is C14H18N2O4S2. The molecule has 0 amide bonds. The molecule has 2 rings (SSSR count).